The molecule has 1 amide bonds. The fraction of sp³-hybridized carbons (Fsp3) is 0.500. The molecular formula is C10H14BrNOS. The monoisotopic (exact) mass is 275 g/mol. The first-order valence-electron chi connectivity index (χ1n) is 4.60. The van der Waals surface area contributed by atoms with Gasteiger partial charge < -0.3 is 4.90 Å². The molecule has 0 saturated carbocycles. The van der Waals surface area contributed by atoms with Gasteiger partial charge in [-0.1, -0.05) is 15.9 Å². The van der Waals surface area contributed by atoms with Crippen LogP contribution < -0.4 is 0 Å². The SMILES string of the molecule is CCN(CCBr)C(=O)c1ccc(C)s1. The summed E-state index contributed by atoms with van der Waals surface area (Å²) in [5.41, 5.74) is 0. The van der Waals surface area contributed by atoms with Crippen molar-refractivity contribution in [2.24, 2.45) is 0 Å². The summed E-state index contributed by atoms with van der Waals surface area (Å²) in [4.78, 5) is 15.8. The number of thiophene rings is 1. The number of halogens is 1. The minimum absolute atomic E-state index is 0.144. The zero-order chi connectivity index (χ0) is 10.6. The highest BCUT2D eigenvalue weighted by molar-refractivity contribution is 9.09. The van der Waals surface area contributed by atoms with E-state index in [9.17, 15) is 4.79 Å². The molecule has 1 heterocycles. The fourth-order valence-corrected chi connectivity index (χ4v) is 2.47. The average molecular weight is 276 g/mol. The van der Waals surface area contributed by atoms with Crippen LogP contribution in [0.3, 0.4) is 0 Å². The van der Waals surface area contributed by atoms with Crippen LogP contribution in [-0.2, 0) is 0 Å². The topological polar surface area (TPSA) is 20.3 Å². The lowest BCUT2D eigenvalue weighted by Gasteiger charge is -2.18. The Hall–Kier alpha value is -0.350. The Morgan fingerprint density at radius 3 is 2.71 bits per heavy atom. The third kappa shape index (κ3) is 2.82. The Kier molecular flexibility index (Phi) is 4.62. The van der Waals surface area contributed by atoms with Crippen LogP contribution in [0.5, 0.6) is 0 Å². The number of aryl methyl sites for hydroxylation is 1. The van der Waals surface area contributed by atoms with Gasteiger partial charge in [0.25, 0.3) is 5.91 Å². The molecule has 0 aliphatic heterocycles. The second-order valence-corrected chi connectivity index (χ2v) is 5.06. The first-order valence-corrected chi connectivity index (χ1v) is 6.54. The zero-order valence-electron chi connectivity index (χ0n) is 8.42. The summed E-state index contributed by atoms with van der Waals surface area (Å²) in [5, 5.41) is 0.830. The number of hydrogen-bond acceptors (Lipinski definition) is 2. The summed E-state index contributed by atoms with van der Waals surface area (Å²) in [6.07, 6.45) is 0. The van der Waals surface area contributed by atoms with Gasteiger partial charge in [-0.2, -0.15) is 0 Å². The van der Waals surface area contributed by atoms with Gasteiger partial charge >= 0.3 is 0 Å². The molecule has 2 nitrogen and oxygen atoms in total. The van der Waals surface area contributed by atoms with Crippen molar-refractivity contribution in [3.05, 3.63) is 21.9 Å². The smallest absolute Gasteiger partial charge is 0.263 e. The van der Waals surface area contributed by atoms with Crippen molar-refractivity contribution < 1.29 is 4.79 Å². The van der Waals surface area contributed by atoms with E-state index in [1.807, 2.05) is 30.9 Å². The van der Waals surface area contributed by atoms with Crippen molar-refractivity contribution in [3.8, 4) is 0 Å². The third-order valence-corrected chi connectivity index (χ3v) is 3.32. The van der Waals surface area contributed by atoms with Crippen molar-refractivity contribution >= 4 is 33.2 Å². The van der Waals surface area contributed by atoms with E-state index >= 15 is 0 Å². The van der Waals surface area contributed by atoms with E-state index in [1.165, 1.54) is 4.88 Å². The largest absolute Gasteiger partial charge is 0.337 e. The molecule has 0 fully saturated rings. The van der Waals surface area contributed by atoms with Gasteiger partial charge in [0.15, 0.2) is 0 Å². The van der Waals surface area contributed by atoms with Gasteiger partial charge in [-0.05, 0) is 26.0 Å². The highest BCUT2D eigenvalue weighted by atomic mass is 79.9. The van der Waals surface area contributed by atoms with Crippen LogP contribution in [0.25, 0.3) is 0 Å². The molecular weight excluding hydrogens is 262 g/mol. The first kappa shape index (κ1) is 11.7. The molecule has 0 unspecified atom stereocenters. The van der Waals surface area contributed by atoms with Crippen LogP contribution in [0.2, 0.25) is 0 Å². The van der Waals surface area contributed by atoms with Crippen molar-refractivity contribution in [3.63, 3.8) is 0 Å². The number of alkyl halides is 1. The summed E-state index contributed by atoms with van der Waals surface area (Å²) < 4.78 is 0. The molecule has 0 spiro atoms. The predicted octanol–water partition coefficient (Wildman–Crippen LogP) is 2.91. The van der Waals surface area contributed by atoms with Gasteiger partial charge in [0, 0.05) is 23.3 Å². The van der Waals surface area contributed by atoms with Crippen LogP contribution >= 0.6 is 27.3 Å². The van der Waals surface area contributed by atoms with Crippen molar-refractivity contribution in [2.45, 2.75) is 13.8 Å². The Labute approximate surface area is 97.1 Å². The van der Waals surface area contributed by atoms with Crippen LogP contribution in [0.4, 0.5) is 0 Å². The maximum absolute atomic E-state index is 11.9. The Morgan fingerprint density at radius 1 is 1.57 bits per heavy atom. The highest BCUT2D eigenvalue weighted by Gasteiger charge is 2.14. The first-order chi connectivity index (χ1) is 6.69. The normalized spacial score (nSPS) is 10.2. The molecule has 1 rings (SSSR count). The van der Waals surface area contributed by atoms with Crippen molar-refractivity contribution in [1.82, 2.24) is 4.90 Å². The van der Waals surface area contributed by atoms with E-state index in [-0.39, 0.29) is 5.91 Å². The molecule has 0 saturated heterocycles. The molecule has 0 aliphatic rings. The summed E-state index contributed by atoms with van der Waals surface area (Å²) >= 11 is 4.91. The van der Waals surface area contributed by atoms with Gasteiger partial charge in [0.05, 0.1) is 4.88 Å². The average Bonchev–Trinajstić information content (AvgIpc) is 2.60. The standard InChI is InChI=1S/C10H14BrNOS/c1-3-12(7-6-11)10(13)9-5-4-8(2)14-9/h4-5H,3,6-7H2,1-2H3. The Morgan fingerprint density at radius 2 is 2.29 bits per heavy atom. The predicted molar refractivity (Wildman–Crippen MR) is 64.4 cm³/mol. The van der Waals surface area contributed by atoms with Crippen LogP contribution in [0.1, 0.15) is 21.5 Å². The molecule has 1 aromatic heterocycles. The molecule has 4 heteroatoms. The van der Waals surface area contributed by atoms with E-state index in [1.54, 1.807) is 11.3 Å². The number of rotatable bonds is 4. The summed E-state index contributed by atoms with van der Waals surface area (Å²) in [5.74, 6) is 0.144. The lowest BCUT2D eigenvalue weighted by molar-refractivity contribution is 0.0779. The molecule has 0 bridgehead atoms. The molecule has 78 valence electrons. The Balaban J connectivity index is 2.72. The number of amides is 1. The van der Waals surface area contributed by atoms with E-state index in [4.69, 9.17) is 0 Å². The number of carbonyl (C=O) groups is 1. The molecule has 1 aromatic rings. The van der Waals surface area contributed by atoms with Gasteiger partial charge in [0.1, 0.15) is 0 Å². The van der Waals surface area contributed by atoms with E-state index < -0.39 is 0 Å². The van der Waals surface area contributed by atoms with Crippen LogP contribution in [0, 0.1) is 6.92 Å². The molecule has 0 radical (unpaired) electrons. The minimum atomic E-state index is 0.144. The van der Waals surface area contributed by atoms with Gasteiger partial charge in [0.2, 0.25) is 0 Å². The van der Waals surface area contributed by atoms with E-state index in [0.29, 0.717) is 0 Å². The molecule has 0 aromatic carbocycles. The fourth-order valence-electron chi connectivity index (χ4n) is 1.21. The van der Waals surface area contributed by atoms with Crippen molar-refractivity contribution in [2.75, 3.05) is 18.4 Å². The molecule has 0 atom stereocenters. The quantitative estimate of drug-likeness (QED) is 0.774. The van der Waals surface area contributed by atoms with Gasteiger partial charge in [-0.15, -0.1) is 11.3 Å². The second-order valence-electron chi connectivity index (χ2n) is 2.98. The maximum atomic E-state index is 11.9. The van der Waals surface area contributed by atoms with E-state index in [2.05, 4.69) is 15.9 Å². The summed E-state index contributed by atoms with van der Waals surface area (Å²) in [6, 6.07) is 3.89. The molecule has 14 heavy (non-hydrogen) atoms. The van der Waals surface area contributed by atoms with Crippen LogP contribution in [-0.4, -0.2) is 29.2 Å². The number of nitrogens with zero attached hydrogens (tertiary/aromatic N) is 1. The number of carbonyl (C=O) groups excluding carboxylic acids is 1. The molecule has 0 N–H and O–H groups in total. The van der Waals surface area contributed by atoms with Gasteiger partial charge in [-0.3, -0.25) is 4.79 Å². The van der Waals surface area contributed by atoms with E-state index in [0.717, 1.165) is 23.3 Å². The van der Waals surface area contributed by atoms with Crippen molar-refractivity contribution in [1.29, 1.82) is 0 Å². The third-order valence-electron chi connectivity index (χ3n) is 1.97. The van der Waals surface area contributed by atoms with Gasteiger partial charge in [-0.25, -0.2) is 0 Å². The lowest BCUT2D eigenvalue weighted by Crippen LogP contribution is -2.31. The minimum Gasteiger partial charge on any atom is -0.337 e. The second kappa shape index (κ2) is 5.51. The maximum Gasteiger partial charge on any atom is 0.263 e. The molecule has 0 aliphatic carbocycles. The zero-order valence-corrected chi connectivity index (χ0v) is 10.8. The Bertz CT molecular complexity index is 311. The highest BCUT2D eigenvalue weighted by Crippen LogP contribution is 2.17. The summed E-state index contributed by atoms with van der Waals surface area (Å²) in [7, 11) is 0. The lowest BCUT2D eigenvalue weighted by atomic mass is 10.4. The summed E-state index contributed by atoms with van der Waals surface area (Å²) in [6.45, 7) is 5.55. The number of hydrogen-bond donors (Lipinski definition) is 0. The van der Waals surface area contributed by atoms with Crippen LogP contribution in [0.15, 0.2) is 12.1 Å².